The highest BCUT2D eigenvalue weighted by atomic mass is 16.2. The van der Waals surface area contributed by atoms with Gasteiger partial charge in [0, 0.05) is 36.6 Å². The van der Waals surface area contributed by atoms with Gasteiger partial charge in [-0.1, -0.05) is 25.1 Å². The Kier molecular flexibility index (Phi) is 4.74. The minimum absolute atomic E-state index is 0.0503. The van der Waals surface area contributed by atoms with Crippen LogP contribution in [0.15, 0.2) is 30.5 Å². The first-order valence-electron chi connectivity index (χ1n) is 8.44. The van der Waals surface area contributed by atoms with Crippen molar-refractivity contribution in [1.29, 1.82) is 0 Å². The fraction of sp³-hybridized carbons (Fsp3) is 0.444. The maximum atomic E-state index is 12.9. The van der Waals surface area contributed by atoms with E-state index in [9.17, 15) is 9.59 Å². The number of carbonyl (C=O) groups is 2. The Morgan fingerprint density at radius 2 is 2.21 bits per heavy atom. The van der Waals surface area contributed by atoms with Gasteiger partial charge in [0.25, 0.3) is 0 Å². The monoisotopic (exact) mass is 328 g/mol. The Bertz CT molecular complexity index is 739. The molecular formula is C18H24N4O2. The average molecular weight is 328 g/mol. The predicted octanol–water partition coefficient (Wildman–Crippen LogP) is 2.01. The average Bonchev–Trinajstić information content (AvgIpc) is 2.96. The molecule has 0 unspecified atom stereocenters. The Hall–Kier alpha value is -2.50. The van der Waals surface area contributed by atoms with Gasteiger partial charge in [-0.3, -0.25) is 4.79 Å². The highest BCUT2D eigenvalue weighted by Gasteiger charge is 2.29. The predicted molar refractivity (Wildman–Crippen MR) is 93.5 cm³/mol. The standard InChI is InChI=1S/C18H24N4O2/c1-12-5-4-8-22(11-12)17(23)16(21-18(19)24)9-13-10-20-15-7-3-2-6-14(13)15/h2-3,6-7,10,12,16,20H,4-5,8-9,11H2,1H3,(H3,19,21,24)/t12-,16-/m1/s1. The molecule has 4 N–H and O–H groups in total. The number of amides is 3. The molecule has 1 saturated heterocycles. The van der Waals surface area contributed by atoms with Crippen LogP contribution in [0.25, 0.3) is 10.9 Å². The molecule has 1 aromatic heterocycles. The quantitative estimate of drug-likeness (QED) is 0.801. The number of carbonyl (C=O) groups excluding carboxylic acids is 2. The number of para-hydroxylation sites is 1. The van der Waals surface area contributed by atoms with Crippen LogP contribution < -0.4 is 11.1 Å². The van der Waals surface area contributed by atoms with Crippen molar-refractivity contribution >= 4 is 22.8 Å². The zero-order chi connectivity index (χ0) is 17.1. The molecule has 3 rings (SSSR count). The molecule has 2 aromatic rings. The molecule has 0 bridgehead atoms. The molecule has 0 radical (unpaired) electrons. The van der Waals surface area contributed by atoms with E-state index in [4.69, 9.17) is 5.73 Å². The molecule has 6 heteroatoms. The summed E-state index contributed by atoms with van der Waals surface area (Å²) in [5.74, 6) is 0.440. The molecule has 1 aliphatic rings. The molecule has 0 spiro atoms. The van der Waals surface area contributed by atoms with E-state index in [1.165, 1.54) is 0 Å². The maximum absolute atomic E-state index is 12.9. The Morgan fingerprint density at radius 1 is 1.42 bits per heavy atom. The van der Waals surface area contributed by atoms with Crippen molar-refractivity contribution in [3.63, 3.8) is 0 Å². The summed E-state index contributed by atoms with van der Waals surface area (Å²) in [4.78, 5) is 29.3. The van der Waals surface area contributed by atoms with Crippen LogP contribution >= 0.6 is 0 Å². The molecule has 0 saturated carbocycles. The lowest BCUT2D eigenvalue weighted by Gasteiger charge is -2.33. The summed E-state index contributed by atoms with van der Waals surface area (Å²) in [7, 11) is 0. The normalized spacial score (nSPS) is 19.2. The third-order valence-electron chi connectivity index (χ3n) is 4.68. The molecule has 3 amide bonds. The lowest BCUT2D eigenvalue weighted by Crippen LogP contribution is -2.53. The van der Waals surface area contributed by atoms with E-state index in [2.05, 4.69) is 17.2 Å². The molecule has 2 atom stereocenters. The number of aromatic amines is 1. The number of nitrogens with one attached hydrogen (secondary N) is 2. The van der Waals surface area contributed by atoms with Crippen LogP contribution in [0.4, 0.5) is 4.79 Å². The zero-order valence-corrected chi connectivity index (χ0v) is 13.9. The van der Waals surface area contributed by atoms with Crippen LogP contribution in [0.5, 0.6) is 0 Å². The van der Waals surface area contributed by atoms with Crippen molar-refractivity contribution in [2.75, 3.05) is 13.1 Å². The van der Waals surface area contributed by atoms with Crippen molar-refractivity contribution in [2.45, 2.75) is 32.2 Å². The van der Waals surface area contributed by atoms with Crippen molar-refractivity contribution < 1.29 is 9.59 Å². The second kappa shape index (κ2) is 6.95. The largest absolute Gasteiger partial charge is 0.361 e. The van der Waals surface area contributed by atoms with Gasteiger partial charge >= 0.3 is 6.03 Å². The first kappa shape index (κ1) is 16.4. The highest BCUT2D eigenvalue weighted by molar-refractivity contribution is 5.89. The van der Waals surface area contributed by atoms with Gasteiger partial charge in [-0.25, -0.2) is 4.79 Å². The van der Waals surface area contributed by atoms with E-state index in [1.807, 2.05) is 35.4 Å². The van der Waals surface area contributed by atoms with Crippen LogP contribution in [0.3, 0.4) is 0 Å². The molecule has 0 aliphatic carbocycles. The second-order valence-corrected chi connectivity index (χ2v) is 6.66. The smallest absolute Gasteiger partial charge is 0.312 e. The SMILES string of the molecule is C[C@@H]1CCCN(C(=O)[C@@H](Cc2c[nH]c3ccccc23)NC(N)=O)C1. The first-order valence-corrected chi connectivity index (χ1v) is 8.44. The number of urea groups is 1. The number of nitrogens with two attached hydrogens (primary N) is 1. The van der Waals surface area contributed by atoms with Gasteiger partial charge in [-0.15, -0.1) is 0 Å². The third-order valence-corrected chi connectivity index (χ3v) is 4.68. The number of hydrogen-bond donors (Lipinski definition) is 3. The van der Waals surface area contributed by atoms with E-state index in [1.54, 1.807) is 0 Å². The van der Waals surface area contributed by atoms with Crippen molar-refractivity contribution in [3.8, 4) is 0 Å². The molecule has 24 heavy (non-hydrogen) atoms. The number of rotatable bonds is 4. The summed E-state index contributed by atoms with van der Waals surface area (Å²) >= 11 is 0. The van der Waals surface area contributed by atoms with E-state index in [-0.39, 0.29) is 5.91 Å². The molecule has 6 nitrogen and oxygen atoms in total. The van der Waals surface area contributed by atoms with Crippen LogP contribution in [-0.4, -0.2) is 41.0 Å². The van der Waals surface area contributed by atoms with E-state index < -0.39 is 12.1 Å². The number of piperidine rings is 1. The lowest BCUT2D eigenvalue weighted by molar-refractivity contribution is -0.134. The number of hydrogen-bond acceptors (Lipinski definition) is 2. The van der Waals surface area contributed by atoms with Gasteiger partial charge < -0.3 is 20.9 Å². The van der Waals surface area contributed by atoms with Crippen LogP contribution in [0, 0.1) is 5.92 Å². The van der Waals surface area contributed by atoms with Gasteiger partial charge in [0.05, 0.1) is 0 Å². The number of H-pyrrole nitrogens is 1. The van der Waals surface area contributed by atoms with Gasteiger partial charge in [-0.05, 0) is 30.4 Å². The summed E-state index contributed by atoms with van der Waals surface area (Å²) in [5.41, 5.74) is 7.32. The molecule has 1 aliphatic heterocycles. The number of aromatic nitrogens is 1. The third kappa shape index (κ3) is 3.53. The Labute approximate surface area is 141 Å². The summed E-state index contributed by atoms with van der Waals surface area (Å²) < 4.78 is 0. The van der Waals surface area contributed by atoms with Gasteiger partial charge in [0.15, 0.2) is 0 Å². The Morgan fingerprint density at radius 3 is 2.96 bits per heavy atom. The maximum Gasteiger partial charge on any atom is 0.312 e. The van der Waals surface area contributed by atoms with E-state index in [0.717, 1.165) is 42.4 Å². The van der Waals surface area contributed by atoms with Crippen LogP contribution in [0.2, 0.25) is 0 Å². The highest BCUT2D eigenvalue weighted by Crippen LogP contribution is 2.21. The van der Waals surface area contributed by atoms with E-state index >= 15 is 0 Å². The van der Waals surface area contributed by atoms with Crippen molar-refractivity contribution in [3.05, 3.63) is 36.0 Å². The fourth-order valence-electron chi connectivity index (χ4n) is 3.50. The summed E-state index contributed by atoms with van der Waals surface area (Å²) in [5, 5.41) is 3.69. The summed E-state index contributed by atoms with van der Waals surface area (Å²) in [6.45, 7) is 3.63. The second-order valence-electron chi connectivity index (χ2n) is 6.66. The molecule has 128 valence electrons. The lowest BCUT2D eigenvalue weighted by atomic mass is 9.98. The molecule has 1 aromatic carbocycles. The topological polar surface area (TPSA) is 91.2 Å². The molecular weight excluding hydrogens is 304 g/mol. The van der Waals surface area contributed by atoms with Crippen LogP contribution in [0.1, 0.15) is 25.3 Å². The fourth-order valence-corrected chi connectivity index (χ4v) is 3.50. The molecule has 1 fully saturated rings. The molecule has 2 heterocycles. The summed E-state index contributed by atoms with van der Waals surface area (Å²) in [6.07, 6.45) is 4.46. The van der Waals surface area contributed by atoms with Gasteiger partial charge in [-0.2, -0.15) is 0 Å². The zero-order valence-electron chi connectivity index (χ0n) is 13.9. The van der Waals surface area contributed by atoms with Crippen LogP contribution in [-0.2, 0) is 11.2 Å². The number of benzene rings is 1. The summed E-state index contributed by atoms with van der Waals surface area (Å²) in [6, 6.07) is 6.62. The minimum atomic E-state index is -0.668. The number of fused-ring (bicyclic) bond motifs is 1. The Balaban J connectivity index is 1.81. The number of primary amides is 1. The minimum Gasteiger partial charge on any atom is -0.361 e. The number of likely N-dealkylation sites (tertiary alicyclic amines) is 1. The van der Waals surface area contributed by atoms with Crippen molar-refractivity contribution in [2.24, 2.45) is 11.7 Å². The number of nitrogens with zero attached hydrogens (tertiary/aromatic N) is 1. The van der Waals surface area contributed by atoms with E-state index in [0.29, 0.717) is 12.3 Å². The van der Waals surface area contributed by atoms with Gasteiger partial charge in [0.2, 0.25) is 5.91 Å². The van der Waals surface area contributed by atoms with Gasteiger partial charge in [0.1, 0.15) is 6.04 Å². The first-order chi connectivity index (χ1) is 11.5. The van der Waals surface area contributed by atoms with Crippen molar-refractivity contribution in [1.82, 2.24) is 15.2 Å².